The third kappa shape index (κ3) is 4.76. The van der Waals surface area contributed by atoms with Crippen LogP contribution in [0.15, 0.2) is 54.6 Å². The van der Waals surface area contributed by atoms with Crippen molar-refractivity contribution in [3.63, 3.8) is 0 Å². The van der Waals surface area contributed by atoms with E-state index in [1.54, 1.807) is 24.3 Å². The minimum Gasteiger partial charge on any atom is -0.481 e. The molecule has 140 valence electrons. The molecule has 2 aromatic carbocycles. The van der Waals surface area contributed by atoms with Gasteiger partial charge in [0.15, 0.2) is 0 Å². The number of aliphatic carboxylic acids is 1. The zero-order chi connectivity index (χ0) is 19.4. The Bertz CT molecular complexity index is 850. The Morgan fingerprint density at radius 3 is 2.11 bits per heavy atom. The molecule has 1 aliphatic carbocycles. The Morgan fingerprint density at radius 2 is 1.52 bits per heavy atom. The molecule has 0 aliphatic heterocycles. The van der Waals surface area contributed by atoms with Gasteiger partial charge in [-0.15, -0.1) is 0 Å². The molecule has 0 heterocycles. The van der Waals surface area contributed by atoms with E-state index in [1.807, 2.05) is 38.1 Å². The van der Waals surface area contributed by atoms with Crippen LogP contribution in [0, 0.1) is 25.7 Å². The summed E-state index contributed by atoms with van der Waals surface area (Å²) in [5.74, 6) is -1.00. The number of rotatable bonds is 5. The fourth-order valence-electron chi connectivity index (χ4n) is 3.35. The van der Waals surface area contributed by atoms with Crippen molar-refractivity contribution in [2.45, 2.75) is 26.7 Å². The van der Waals surface area contributed by atoms with E-state index in [0.29, 0.717) is 24.3 Å². The van der Waals surface area contributed by atoms with E-state index >= 15 is 0 Å². The molecule has 0 saturated carbocycles. The van der Waals surface area contributed by atoms with Crippen molar-refractivity contribution < 1.29 is 19.4 Å². The average Bonchev–Trinajstić information content (AvgIpc) is 2.62. The highest BCUT2D eigenvalue weighted by Crippen LogP contribution is 2.28. The number of nitrogens with one attached hydrogen (secondary N) is 1. The zero-order valence-corrected chi connectivity index (χ0v) is 15.4. The van der Waals surface area contributed by atoms with E-state index in [0.717, 1.165) is 16.9 Å². The minimum atomic E-state index is -0.934. The summed E-state index contributed by atoms with van der Waals surface area (Å²) in [6.45, 7) is 4.03. The monoisotopic (exact) mass is 365 g/mol. The van der Waals surface area contributed by atoms with Crippen LogP contribution in [0.2, 0.25) is 0 Å². The Labute approximate surface area is 158 Å². The first kappa shape index (κ1) is 18.7. The van der Waals surface area contributed by atoms with Crippen LogP contribution in [0.3, 0.4) is 0 Å². The first-order chi connectivity index (χ1) is 12.9. The van der Waals surface area contributed by atoms with Gasteiger partial charge in [0.2, 0.25) is 5.91 Å². The van der Waals surface area contributed by atoms with Gasteiger partial charge in [0.1, 0.15) is 11.5 Å². The van der Waals surface area contributed by atoms with Crippen molar-refractivity contribution in [1.29, 1.82) is 0 Å². The quantitative estimate of drug-likeness (QED) is 0.753. The van der Waals surface area contributed by atoms with Gasteiger partial charge in [0.25, 0.3) is 0 Å². The summed E-state index contributed by atoms with van der Waals surface area (Å²) < 4.78 is 5.87. The number of benzene rings is 2. The molecule has 5 nitrogen and oxygen atoms in total. The Kier molecular flexibility index (Phi) is 5.60. The molecule has 5 heteroatoms. The highest BCUT2D eigenvalue weighted by Gasteiger charge is 2.33. The second-order valence-electron chi connectivity index (χ2n) is 6.93. The number of amides is 1. The lowest BCUT2D eigenvalue weighted by Crippen LogP contribution is -2.34. The first-order valence-electron chi connectivity index (χ1n) is 8.97. The van der Waals surface area contributed by atoms with Gasteiger partial charge in [-0.2, -0.15) is 0 Å². The molecule has 27 heavy (non-hydrogen) atoms. The number of allylic oxidation sites excluding steroid dienone is 2. The number of carbonyl (C=O) groups is 2. The van der Waals surface area contributed by atoms with Crippen LogP contribution >= 0.6 is 0 Å². The number of carbonyl (C=O) groups excluding carboxylic acids is 1. The van der Waals surface area contributed by atoms with Crippen molar-refractivity contribution in [1.82, 2.24) is 0 Å². The molecule has 0 fully saturated rings. The average molecular weight is 365 g/mol. The van der Waals surface area contributed by atoms with Crippen molar-refractivity contribution in [3.8, 4) is 11.5 Å². The number of ether oxygens (including phenoxy) is 1. The largest absolute Gasteiger partial charge is 0.481 e. The molecule has 0 aromatic heterocycles. The fraction of sp³-hybridized carbons (Fsp3) is 0.273. The zero-order valence-electron chi connectivity index (χ0n) is 15.4. The summed E-state index contributed by atoms with van der Waals surface area (Å²) in [6.07, 6.45) is 4.51. The first-order valence-corrected chi connectivity index (χ1v) is 8.97. The van der Waals surface area contributed by atoms with Gasteiger partial charge in [-0.3, -0.25) is 9.59 Å². The molecule has 0 unspecified atom stereocenters. The number of anilines is 1. The Morgan fingerprint density at radius 1 is 0.926 bits per heavy atom. The summed E-state index contributed by atoms with van der Waals surface area (Å²) in [5.41, 5.74) is 2.87. The van der Waals surface area contributed by atoms with Gasteiger partial charge in [0, 0.05) is 5.69 Å². The standard InChI is InChI=1S/C22H23NO4/c1-14-11-15(2)13-18(12-14)27-17-9-7-16(8-10-17)23-21(24)19-5-3-4-6-20(19)22(25)26/h3-4,7-13,19-20H,5-6H2,1-2H3,(H,23,24)(H,25,26)/t19-,20+/m0/s1. The summed E-state index contributed by atoms with van der Waals surface area (Å²) >= 11 is 0. The highest BCUT2D eigenvalue weighted by atomic mass is 16.5. The number of carboxylic acids is 1. The third-order valence-electron chi connectivity index (χ3n) is 4.64. The van der Waals surface area contributed by atoms with Crippen LogP contribution in [-0.4, -0.2) is 17.0 Å². The lowest BCUT2D eigenvalue weighted by molar-refractivity contribution is -0.146. The normalized spacial score (nSPS) is 18.7. The van der Waals surface area contributed by atoms with Crippen LogP contribution < -0.4 is 10.1 Å². The minimum absolute atomic E-state index is 0.269. The SMILES string of the molecule is Cc1cc(C)cc(Oc2ccc(NC(=O)[C@H]3CC=CC[C@H]3C(=O)O)cc2)c1. The van der Waals surface area contributed by atoms with Crippen LogP contribution in [0.4, 0.5) is 5.69 Å². The van der Waals surface area contributed by atoms with Gasteiger partial charge in [-0.05, 0) is 74.2 Å². The van der Waals surface area contributed by atoms with E-state index in [2.05, 4.69) is 11.4 Å². The molecule has 1 aliphatic rings. The van der Waals surface area contributed by atoms with Crippen LogP contribution in [0.5, 0.6) is 11.5 Å². The molecule has 2 N–H and O–H groups in total. The van der Waals surface area contributed by atoms with Crippen molar-refractivity contribution in [2.75, 3.05) is 5.32 Å². The maximum absolute atomic E-state index is 12.5. The highest BCUT2D eigenvalue weighted by molar-refractivity contribution is 5.95. The molecule has 0 spiro atoms. The second kappa shape index (κ2) is 8.08. The number of carboxylic acid groups (broad SMARTS) is 1. The van der Waals surface area contributed by atoms with E-state index in [1.165, 1.54) is 0 Å². The van der Waals surface area contributed by atoms with E-state index in [9.17, 15) is 14.7 Å². The van der Waals surface area contributed by atoms with Gasteiger partial charge in [0.05, 0.1) is 11.8 Å². The van der Waals surface area contributed by atoms with Gasteiger partial charge < -0.3 is 15.2 Å². The van der Waals surface area contributed by atoms with Crippen molar-refractivity contribution in [3.05, 3.63) is 65.7 Å². The maximum Gasteiger partial charge on any atom is 0.307 e. The van der Waals surface area contributed by atoms with Crippen molar-refractivity contribution in [2.24, 2.45) is 11.8 Å². The van der Waals surface area contributed by atoms with E-state index < -0.39 is 17.8 Å². The maximum atomic E-state index is 12.5. The Hall–Kier alpha value is -3.08. The number of hydrogen-bond donors (Lipinski definition) is 2. The van der Waals surface area contributed by atoms with Crippen molar-refractivity contribution >= 4 is 17.6 Å². The van der Waals surface area contributed by atoms with E-state index in [4.69, 9.17) is 4.74 Å². The van der Waals surface area contributed by atoms with Crippen LogP contribution in [-0.2, 0) is 9.59 Å². The molecular formula is C22H23NO4. The molecule has 1 amide bonds. The lowest BCUT2D eigenvalue weighted by Gasteiger charge is -2.24. The molecule has 2 atom stereocenters. The smallest absolute Gasteiger partial charge is 0.307 e. The molecule has 2 aromatic rings. The molecule has 0 radical (unpaired) electrons. The summed E-state index contributed by atoms with van der Waals surface area (Å²) in [7, 11) is 0. The fourth-order valence-corrected chi connectivity index (χ4v) is 3.35. The second-order valence-corrected chi connectivity index (χ2v) is 6.93. The predicted molar refractivity (Wildman–Crippen MR) is 104 cm³/mol. The van der Waals surface area contributed by atoms with Crippen LogP contribution in [0.1, 0.15) is 24.0 Å². The van der Waals surface area contributed by atoms with Crippen LogP contribution in [0.25, 0.3) is 0 Å². The summed E-state index contributed by atoms with van der Waals surface area (Å²) in [6, 6.07) is 13.1. The molecule has 0 bridgehead atoms. The number of aryl methyl sites for hydroxylation is 2. The van der Waals surface area contributed by atoms with Gasteiger partial charge >= 0.3 is 5.97 Å². The predicted octanol–water partition coefficient (Wildman–Crippen LogP) is 4.70. The molecule has 0 saturated heterocycles. The Balaban J connectivity index is 1.65. The lowest BCUT2D eigenvalue weighted by atomic mass is 9.82. The van der Waals surface area contributed by atoms with Gasteiger partial charge in [-0.1, -0.05) is 18.2 Å². The van der Waals surface area contributed by atoms with E-state index in [-0.39, 0.29) is 5.91 Å². The van der Waals surface area contributed by atoms with Gasteiger partial charge in [-0.25, -0.2) is 0 Å². The molecular weight excluding hydrogens is 342 g/mol. The summed E-state index contributed by atoms with van der Waals surface area (Å²) in [4.78, 5) is 23.9. The number of hydrogen-bond acceptors (Lipinski definition) is 3. The third-order valence-corrected chi connectivity index (χ3v) is 4.64. The molecule has 3 rings (SSSR count). The topological polar surface area (TPSA) is 75.6 Å². The summed E-state index contributed by atoms with van der Waals surface area (Å²) in [5, 5.41) is 12.1.